The van der Waals surface area contributed by atoms with E-state index in [9.17, 15) is 9.59 Å². The molecule has 1 atom stereocenters. The van der Waals surface area contributed by atoms with Crippen LogP contribution in [0.1, 0.15) is 34.3 Å². The first-order valence-electron chi connectivity index (χ1n) is 8.54. The van der Waals surface area contributed by atoms with Crippen molar-refractivity contribution in [2.75, 3.05) is 13.1 Å². The van der Waals surface area contributed by atoms with Crippen LogP contribution in [0.5, 0.6) is 0 Å². The average Bonchev–Trinajstić information content (AvgIpc) is 2.59. The van der Waals surface area contributed by atoms with Crippen LogP contribution >= 0.6 is 0 Å². The van der Waals surface area contributed by atoms with Crippen molar-refractivity contribution in [3.8, 4) is 0 Å². The Bertz CT molecular complexity index is 777. The monoisotopic (exact) mass is 324 g/mol. The number of carbonyl (C=O) groups is 1. The molecule has 1 fully saturated rings. The van der Waals surface area contributed by atoms with E-state index in [0.29, 0.717) is 11.5 Å². The molecule has 1 aliphatic rings. The first-order valence-corrected chi connectivity index (χ1v) is 8.54. The number of carbonyl (C=O) groups excluding carboxylic acids is 1. The van der Waals surface area contributed by atoms with Gasteiger partial charge in [0.25, 0.3) is 5.91 Å². The zero-order valence-corrected chi connectivity index (χ0v) is 14.4. The number of pyridine rings is 1. The molecular weight excluding hydrogens is 300 g/mol. The quantitative estimate of drug-likeness (QED) is 0.871. The summed E-state index contributed by atoms with van der Waals surface area (Å²) in [6.45, 7) is 3.68. The molecule has 1 amide bonds. The Morgan fingerprint density at radius 2 is 1.92 bits per heavy atom. The standard InChI is InChI=1S/C20H24N2O2/c1-15-5-7-16(8-6-15)12-17-4-3-11-22(13-17)20(24)18-9-10-19(23)21(2)14-18/h5-10,14,17H,3-4,11-13H2,1-2H3. The zero-order valence-electron chi connectivity index (χ0n) is 14.4. The van der Waals surface area contributed by atoms with Crippen LogP contribution in [0.4, 0.5) is 0 Å². The third-order valence-corrected chi connectivity index (χ3v) is 4.78. The number of piperidine rings is 1. The fraction of sp³-hybridized carbons (Fsp3) is 0.400. The Balaban J connectivity index is 1.68. The molecule has 4 nitrogen and oxygen atoms in total. The van der Waals surface area contributed by atoms with Crippen LogP contribution in [0.15, 0.2) is 47.4 Å². The molecule has 4 heteroatoms. The van der Waals surface area contributed by atoms with Crippen molar-refractivity contribution in [2.45, 2.75) is 26.2 Å². The van der Waals surface area contributed by atoms with E-state index >= 15 is 0 Å². The minimum Gasteiger partial charge on any atom is -0.338 e. The topological polar surface area (TPSA) is 42.3 Å². The summed E-state index contributed by atoms with van der Waals surface area (Å²) in [5, 5.41) is 0. The number of hydrogen-bond acceptors (Lipinski definition) is 2. The number of benzene rings is 1. The number of rotatable bonds is 3. The minimum absolute atomic E-state index is 0.0270. The average molecular weight is 324 g/mol. The Labute approximate surface area is 142 Å². The summed E-state index contributed by atoms with van der Waals surface area (Å²) in [6.07, 6.45) is 4.84. The van der Waals surface area contributed by atoms with Crippen LogP contribution < -0.4 is 5.56 Å². The Morgan fingerprint density at radius 1 is 1.17 bits per heavy atom. The predicted molar refractivity (Wildman–Crippen MR) is 95.2 cm³/mol. The van der Waals surface area contributed by atoms with E-state index in [1.165, 1.54) is 21.8 Å². The van der Waals surface area contributed by atoms with Gasteiger partial charge in [0.05, 0.1) is 5.56 Å². The van der Waals surface area contributed by atoms with Gasteiger partial charge in [-0.1, -0.05) is 29.8 Å². The van der Waals surface area contributed by atoms with Crippen LogP contribution in [-0.4, -0.2) is 28.5 Å². The van der Waals surface area contributed by atoms with Gasteiger partial charge < -0.3 is 9.47 Å². The summed E-state index contributed by atoms with van der Waals surface area (Å²) < 4.78 is 1.46. The second-order valence-corrected chi connectivity index (χ2v) is 6.82. The maximum atomic E-state index is 12.7. The zero-order chi connectivity index (χ0) is 17.1. The number of aryl methyl sites for hydroxylation is 2. The Kier molecular flexibility index (Phi) is 4.84. The molecule has 2 heterocycles. The molecule has 0 bridgehead atoms. The first kappa shape index (κ1) is 16.5. The highest BCUT2D eigenvalue weighted by molar-refractivity contribution is 5.94. The van der Waals surface area contributed by atoms with Crippen LogP contribution in [0, 0.1) is 12.8 Å². The van der Waals surface area contributed by atoms with Crippen molar-refractivity contribution in [3.63, 3.8) is 0 Å². The maximum Gasteiger partial charge on any atom is 0.255 e. The van der Waals surface area contributed by atoms with Crippen molar-refractivity contribution in [2.24, 2.45) is 13.0 Å². The summed E-state index contributed by atoms with van der Waals surface area (Å²) in [7, 11) is 1.68. The molecule has 1 unspecified atom stereocenters. The number of nitrogens with zero attached hydrogens (tertiary/aromatic N) is 2. The van der Waals surface area contributed by atoms with Crippen molar-refractivity contribution in [1.82, 2.24) is 9.47 Å². The molecule has 0 radical (unpaired) electrons. The lowest BCUT2D eigenvalue weighted by Gasteiger charge is -2.33. The molecule has 126 valence electrons. The molecule has 0 N–H and O–H groups in total. The van der Waals surface area contributed by atoms with Gasteiger partial charge >= 0.3 is 0 Å². The number of hydrogen-bond donors (Lipinski definition) is 0. The lowest BCUT2D eigenvalue weighted by molar-refractivity contribution is 0.0672. The summed E-state index contributed by atoms with van der Waals surface area (Å²) in [6, 6.07) is 11.7. The first-order chi connectivity index (χ1) is 11.5. The van der Waals surface area contributed by atoms with Crippen LogP contribution in [-0.2, 0) is 13.5 Å². The van der Waals surface area contributed by atoms with Crippen LogP contribution in [0.2, 0.25) is 0 Å². The van der Waals surface area contributed by atoms with Crippen LogP contribution in [0.3, 0.4) is 0 Å². The molecule has 0 spiro atoms. The van der Waals surface area contributed by atoms with E-state index in [-0.39, 0.29) is 11.5 Å². The molecule has 0 aliphatic carbocycles. The molecular formula is C20H24N2O2. The lowest BCUT2D eigenvalue weighted by Crippen LogP contribution is -2.40. The molecule has 1 saturated heterocycles. The molecule has 1 aromatic carbocycles. The van der Waals surface area contributed by atoms with Gasteiger partial charge in [-0.25, -0.2) is 0 Å². The van der Waals surface area contributed by atoms with Gasteiger partial charge in [-0.15, -0.1) is 0 Å². The third kappa shape index (κ3) is 3.75. The van der Waals surface area contributed by atoms with Crippen LogP contribution in [0.25, 0.3) is 0 Å². The highest BCUT2D eigenvalue weighted by Gasteiger charge is 2.24. The van der Waals surface area contributed by atoms with Crippen molar-refractivity contribution >= 4 is 5.91 Å². The predicted octanol–water partition coefficient (Wildman–Crippen LogP) is 2.79. The lowest BCUT2D eigenvalue weighted by atomic mass is 9.91. The van der Waals surface area contributed by atoms with Crippen molar-refractivity contribution in [1.29, 1.82) is 0 Å². The summed E-state index contributed by atoms with van der Waals surface area (Å²) in [5.74, 6) is 0.525. The fourth-order valence-corrected chi connectivity index (χ4v) is 3.38. The Morgan fingerprint density at radius 3 is 2.62 bits per heavy atom. The van der Waals surface area contributed by atoms with Crippen molar-refractivity contribution in [3.05, 3.63) is 69.6 Å². The summed E-state index contributed by atoms with van der Waals surface area (Å²) >= 11 is 0. The molecule has 3 rings (SSSR count). The van der Waals surface area contributed by atoms with E-state index in [4.69, 9.17) is 0 Å². The number of likely N-dealkylation sites (tertiary alicyclic amines) is 1. The van der Waals surface area contributed by atoms with E-state index in [1.807, 2.05) is 4.90 Å². The van der Waals surface area contributed by atoms with Gasteiger partial charge in [-0.2, -0.15) is 0 Å². The van der Waals surface area contributed by atoms with E-state index in [0.717, 1.165) is 32.4 Å². The van der Waals surface area contributed by atoms with Gasteiger partial charge in [0.2, 0.25) is 5.56 Å². The second kappa shape index (κ2) is 7.04. The highest BCUT2D eigenvalue weighted by Crippen LogP contribution is 2.22. The Hall–Kier alpha value is -2.36. The maximum absolute atomic E-state index is 12.7. The SMILES string of the molecule is Cc1ccc(CC2CCCN(C(=O)c3ccc(=O)n(C)c3)C2)cc1. The van der Waals surface area contributed by atoms with Crippen molar-refractivity contribution < 1.29 is 4.79 Å². The van der Waals surface area contributed by atoms with Gasteiger partial charge in [0.15, 0.2) is 0 Å². The van der Waals surface area contributed by atoms with Gasteiger partial charge in [0, 0.05) is 32.4 Å². The summed E-state index contributed by atoms with van der Waals surface area (Å²) in [5.41, 5.74) is 3.10. The summed E-state index contributed by atoms with van der Waals surface area (Å²) in [4.78, 5) is 26.1. The third-order valence-electron chi connectivity index (χ3n) is 4.78. The van der Waals surface area contributed by atoms with Gasteiger partial charge in [-0.05, 0) is 43.7 Å². The largest absolute Gasteiger partial charge is 0.338 e. The molecule has 24 heavy (non-hydrogen) atoms. The molecule has 1 aromatic heterocycles. The second-order valence-electron chi connectivity index (χ2n) is 6.82. The van der Waals surface area contributed by atoms with E-state index in [1.54, 1.807) is 19.3 Å². The molecule has 2 aromatic rings. The van der Waals surface area contributed by atoms with Gasteiger partial charge in [-0.3, -0.25) is 9.59 Å². The normalized spacial score (nSPS) is 17.8. The molecule has 1 aliphatic heterocycles. The number of aromatic nitrogens is 1. The minimum atomic E-state index is -0.0950. The van der Waals surface area contributed by atoms with E-state index in [2.05, 4.69) is 31.2 Å². The van der Waals surface area contributed by atoms with E-state index < -0.39 is 0 Å². The highest BCUT2D eigenvalue weighted by atomic mass is 16.2. The van der Waals surface area contributed by atoms with Gasteiger partial charge in [0.1, 0.15) is 0 Å². The number of amides is 1. The molecule has 0 saturated carbocycles. The fourth-order valence-electron chi connectivity index (χ4n) is 3.38. The smallest absolute Gasteiger partial charge is 0.255 e.